The van der Waals surface area contributed by atoms with Crippen LogP contribution in [0.4, 0.5) is 5.69 Å². The molecule has 1 saturated carbocycles. The van der Waals surface area contributed by atoms with Crippen molar-refractivity contribution in [3.05, 3.63) is 23.8 Å². The number of rotatable bonds is 5. The third-order valence-corrected chi connectivity index (χ3v) is 7.62. The summed E-state index contributed by atoms with van der Waals surface area (Å²) in [5.74, 6) is 0.302. The Hall–Kier alpha value is -1.93. The highest BCUT2D eigenvalue weighted by molar-refractivity contribution is 7.89. The molecule has 0 spiro atoms. The molecule has 1 aromatic rings. The summed E-state index contributed by atoms with van der Waals surface area (Å²) in [6, 6.07) is 5.02. The van der Waals surface area contributed by atoms with Crippen molar-refractivity contribution in [3.63, 3.8) is 0 Å². The predicted octanol–water partition coefficient (Wildman–Crippen LogP) is 2.98. The van der Waals surface area contributed by atoms with Gasteiger partial charge in [-0.25, -0.2) is 13.1 Å². The van der Waals surface area contributed by atoms with Gasteiger partial charge in [-0.05, 0) is 89.5 Å². The Bertz CT molecular complexity index is 944. The van der Waals surface area contributed by atoms with E-state index in [2.05, 4.69) is 10.0 Å². The number of carbonyl (C=O) groups is 2. The zero-order valence-electron chi connectivity index (χ0n) is 19.2. The molecular weight excluding hydrogens is 414 g/mol. The Morgan fingerprint density at radius 2 is 1.77 bits per heavy atom. The van der Waals surface area contributed by atoms with Crippen LogP contribution in [-0.2, 0) is 26.0 Å². The minimum absolute atomic E-state index is 0.00926. The van der Waals surface area contributed by atoms with E-state index >= 15 is 0 Å². The standard InChI is InChI=1S/C23H35N3O4S/c1-15-12-19-13-20(10-11-21(19)26(15)16(2)27)31(29,30)24-14-17-6-8-18(9-7-17)22(28)25-23(3,4)5/h10-11,13,15,17-18,24H,6-9,12,14H2,1-5H3,(H,25,28)/t15-,17?,18?/m1/s1. The van der Waals surface area contributed by atoms with Crippen LogP contribution in [0.25, 0.3) is 0 Å². The van der Waals surface area contributed by atoms with Crippen molar-refractivity contribution >= 4 is 27.5 Å². The quantitative estimate of drug-likeness (QED) is 0.722. The molecule has 7 nitrogen and oxygen atoms in total. The van der Waals surface area contributed by atoms with Crippen molar-refractivity contribution in [1.82, 2.24) is 10.0 Å². The molecule has 0 radical (unpaired) electrons. The normalized spacial score (nSPS) is 24.0. The monoisotopic (exact) mass is 449 g/mol. The van der Waals surface area contributed by atoms with Gasteiger partial charge in [0.1, 0.15) is 0 Å². The molecule has 1 aliphatic heterocycles. The van der Waals surface area contributed by atoms with Gasteiger partial charge < -0.3 is 10.2 Å². The van der Waals surface area contributed by atoms with Crippen LogP contribution in [0, 0.1) is 11.8 Å². The molecule has 172 valence electrons. The van der Waals surface area contributed by atoms with Crippen LogP contribution < -0.4 is 14.9 Å². The van der Waals surface area contributed by atoms with Crippen LogP contribution in [-0.4, -0.2) is 38.4 Å². The van der Waals surface area contributed by atoms with E-state index in [0.717, 1.165) is 36.9 Å². The van der Waals surface area contributed by atoms with Crippen LogP contribution >= 0.6 is 0 Å². The second-order valence-corrected chi connectivity index (χ2v) is 11.8. The smallest absolute Gasteiger partial charge is 0.240 e. The number of fused-ring (bicyclic) bond motifs is 1. The first-order valence-electron chi connectivity index (χ1n) is 11.1. The zero-order chi connectivity index (χ0) is 23.0. The maximum Gasteiger partial charge on any atom is 0.240 e. The molecular formula is C23H35N3O4S. The minimum Gasteiger partial charge on any atom is -0.351 e. The molecule has 0 bridgehead atoms. The highest BCUT2D eigenvalue weighted by Gasteiger charge is 2.31. The maximum absolute atomic E-state index is 12.8. The van der Waals surface area contributed by atoms with Crippen molar-refractivity contribution in [1.29, 1.82) is 0 Å². The molecule has 0 aromatic heterocycles. The highest BCUT2D eigenvalue weighted by atomic mass is 32.2. The lowest BCUT2D eigenvalue weighted by atomic mass is 9.81. The third kappa shape index (κ3) is 5.66. The van der Waals surface area contributed by atoms with E-state index in [4.69, 9.17) is 0 Å². The number of hydrogen-bond acceptors (Lipinski definition) is 4. The number of anilines is 1. The predicted molar refractivity (Wildman–Crippen MR) is 121 cm³/mol. The molecule has 1 aromatic carbocycles. The average Bonchev–Trinajstić information content (AvgIpc) is 3.00. The zero-order valence-corrected chi connectivity index (χ0v) is 20.0. The van der Waals surface area contributed by atoms with Gasteiger partial charge in [-0.1, -0.05) is 0 Å². The van der Waals surface area contributed by atoms with Crippen molar-refractivity contribution in [2.75, 3.05) is 11.4 Å². The van der Waals surface area contributed by atoms with Gasteiger partial charge in [-0.3, -0.25) is 9.59 Å². The number of sulfonamides is 1. The fraction of sp³-hybridized carbons (Fsp3) is 0.652. The molecule has 31 heavy (non-hydrogen) atoms. The molecule has 1 atom stereocenters. The van der Waals surface area contributed by atoms with Gasteiger partial charge in [0, 0.05) is 36.7 Å². The summed E-state index contributed by atoms with van der Waals surface area (Å²) < 4.78 is 28.4. The summed E-state index contributed by atoms with van der Waals surface area (Å²) in [5.41, 5.74) is 1.44. The van der Waals surface area contributed by atoms with Crippen LogP contribution in [0.15, 0.2) is 23.1 Å². The van der Waals surface area contributed by atoms with Gasteiger partial charge in [0.05, 0.1) is 4.90 Å². The van der Waals surface area contributed by atoms with E-state index in [1.807, 2.05) is 27.7 Å². The van der Waals surface area contributed by atoms with Gasteiger partial charge in [-0.15, -0.1) is 0 Å². The number of amides is 2. The van der Waals surface area contributed by atoms with Crippen molar-refractivity contribution < 1.29 is 18.0 Å². The lowest BCUT2D eigenvalue weighted by Crippen LogP contribution is -2.45. The number of benzene rings is 1. The fourth-order valence-electron chi connectivity index (χ4n) is 4.67. The number of nitrogens with one attached hydrogen (secondary N) is 2. The van der Waals surface area contributed by atoms with E-state index in [1.165, 1.54) is 6.92 Å². The number of hydrogen-bond donors (Lipinski definition) is 2. The highest BCUT2D eigenvalue weighted by Crippen LogP contribution is 2.34. The van der Waals surface area contributed by atoms with E-state index in [-0.39, 0.29) is 40.1 Å². The molecule has 1 fully saturated rings. The molecule has 0 saturated heterocycles. The number of carbonyl (C=O) groups excluding carboxylic acids is 2. The lowest BCUT2D eigenvalue weighted by Gasteiger charge is -2.30. The van der Waals surface area contributed by atoms with Crippen molar-refractivity contribution in [2.24, 2.45) is 11.8 Å². The van der Waals surface area contributed by atoms with Crippen molar-refractivity contribution in [3.8, 4) is 0 Å². The van der Waals surface area contributed by atoms with Crippen LogP contribution in [0.5, 0.6) is 0 Å². The van der Waals surface area contributed by atoms with E-state index < -0.39 is 10.0 Å². The van der Waals surface area contributed by atoms with Crippen molar-refractivity contribution in [2.45, 2.75) is 83.2 Å². The third-order valence-electron chi connectivity index (χ3n) is 6.19. The van der Waals surface area contributed by atoms with Gasteiger partial charge in [0.15, 0.2) is 0 Å². The lowest BCUT2D eigenvalue weighted by molar-refractivity contribution is -0.127. The summed E-state index contributed by atoms with van der Waals surface area (Å²) in [7, 11) is -3.62. The summed E-state index contributed by atoms with van der Waals surface area (Å²) in [4.78, 5) is 26.2. The van der Waals surface area contributed by atoms with Gasteiger partial charge in [0.25, 0.3) is 0 Å². The number of nitrogens with zero attached hydrogens (tertiary/aromatic N) is 1. The SMILES string of the molecule is CC(=O)N1c2ccc(S(=O)(=O)NCC3CCC(C(=O)NC(C)(C)C)CC3)cc2C[C@H]1C. The Kier molecular flexibility index (Phi) is 6.81. The topological polar surface area (TPSA) is 95.6 Å². The maximum atomic E-state index is 12.8. The fourth-order valence-corrected chi connectivity index (χ4v) is 5.83. The molecule has 1 aliphatic carbocycles. The Morgan fingerprint density at radius 1 is 1.13 bits per heavy atom. The molecule has 0 unspecified atom stereocenters. The molecule has 1 heterocycles. The van der Waals surface area contributed by atoms with Gasteiger partial charge in [-0.2, -0.15) is 0 Å². The molecule has 3 rings (SSSR count). The first kappa shape index (κ1) is 23.7. The summed E-state index contributed by atoms with van der Waals surface area (Å²) in [6.07, 6.45) is 3.89. The van der Waals surface area contributed by atoms with Gasteiger partial charge in [0.2, 0.25) is 21.8 Å². The molecule has 8 heteroatoms. The molecule has 2 amide bonds. The largest absolute Gasteiger partial charge is 0.351 e. The molecule has 2 aliphatic rings. The minimum atomic E-state index is -3.62. The Balaban J connectivity index is 1.57. The Morgan fingerprint density at radius 3 is 2.35 bits per heavy atom. The van der Waals surface area contributed by atoms with Gasteiger partial charge >= 0.3 is 0 Å². The van der Waals surface area contributed by atoms with E-state index in [0.29, 0.717) is 13.0 Å². The van der Waals surface area contributed by atoms with E-state index in [9.17, 15) is 18.0 Å². The van der Waals surface area contributed by atoms with Crippen LogP contribution in [0.2, 0.25) is 0 Å². The summed E-state index contributed by atoms with van der Waals surface area (Å²) in [6.45, 7) is 9.79. The Labute approximate surface area is 186 Å². The summed E-state index contributed by atoms with van der Waals surface area (Å²) >= 11 is 0. The molecule has 2 N–H and O–H groups in total. The second kappa shape index (κ2) is 8.90. The summed E-state index contributed by atoms with van der Waals surface area (Å²) in [5, 5.41) is 3.04. The van der Waals surface area contributed by atoms with Crippen LogP contribution in [0.1, 0.15) is 65.9 Å². The van der Waals surface area contributed by atoms with Crippen LogP contribution in [0.3, 0.4) is 0 Å². The van der Waals surface area contributed by atoms with E-state index in [1.54, 1.807) is 23.1 Å². The second-order valence-electron chi connectivity index (χ2n) is 10.0. The average molecular weight is 450 g/mol. The first-order chi connectivity index (χ1) is 14.4. The first-order valence-corrected chi connectivity index (χ1v) is 12.6.